The number of hydrogen-bond donors (Lipinski definition) is 1. The molecular weight excluding hydrogens is 422 g/mol. The zero-order valence-electron chi connectivity index (χ0n) is 11.8. The third kappa shape index (κ3) is 4.43. The van der Waals surface area contributed by atoms with Crippen LogP contribution in [0, 0.1) is 5.92 Å². The molecule has 1 aromatic rings. The van der Waals surface area contributed by atoms with Crippen molar-refractivity contribution in [3.05, 3.63) is 21.1 Å². The zero-order valence-corrected chi connectivity index (χ0v) is 15.8. The van der Waals surface area contributed by atoms with Crippen molar-refractivity contribution >= 4 is 41.9 Å². The van der Waals surface area contributed by atoms with E-state index in [2.05, 4.69) is 38.8 Å². The molecule has 4 nitrogen and oxygen atoms in total. The summed E-state index contributed by atoms with van der Waals surface area (Å²) in [4.78, 5) is 0.0590. The van der Waals surface area contributed by atoms with Crippen LogP contribution in [0.1, 0.15) is 39.0 Å². The Morgan fingerprint density at radius 1 is 1.29 bits per heavy atom. The van der Waals surface area contributed by atoms with Crippen LogP contribution in [-0.2, 0) is 10.0 Å². The minimum Gasteiger partial charge on any atom is -0.488 e. The summed E-state index contributed by atoms with van der Waals surface area (Å²) in [5, 5.41) is 5.15. The van der Waals surface area contributed by atoms with E-state index in [0.29, 0.717) is 20.6 Å². The molecule has 7 heteroatoms. The average Bonchev–Trinajstić information content (AvgIpc) is 2.42. The molecule has 0 saturated heterocycles. The van der Waals surface area contributed by atoms with Crippen molar-refractivity contribution in [1.82, 2.24) is 0 Å². The van der Waals surface area contributed by atoms with Crippen molar-refractivity contribution in [1.29, 1.82) is 0 Å². The van der Waals surface area contributed by atoms with Gasteiger partial charge < -0.3 is 4.74 Å². The van der Waals surface area contributed by atoms with Crippen molar-refractivity contribution in [2.45, 2.75) is 50.0 Å². The molecule has 2 unspecified atom stereocenters. The molecule has 0 spiro atoms. The van der Waals surface area contributed by atoms with E-state index in [1.807, 2.05) is 0 Å². The molecular formula is C14H19Br2NO3S. The van der Waals surface area contributed by atoms with E-state index < -0.39 is 10.0 Å². The maximum absolute atomic E-state index is 11.4. The van der Waals surface area contributed by atoms with Gasteiger partial charge in [-0.2, -0.15) is 0 Å². The van der Waals surface area contributed by atoms with Crippen LogP contribution in [0.2, 0.25) is 0 Å². The monoisotopic (exact) mass is 439 g/mol. The third-order valence-corrected chi connectivity index (χ3v) is 5.97. The van der Waals surface area contributed by atoms with E-state index in [0.717, 1.165) is 12.8 Å². The van der Waals surface area contributed by atoms with Crippen LogP contribution in [0.5, 0.6) is 5.75 Å². The molecule has 0 aliphatic heterocycles. The number of nitrogens with two attached hydrogens (primary N) is 1. The van der Waals surface area contributed by atoms with Gasteiger partial charge in [0.15, 0.2) is 0 Å². The summed E-state index contributed by atoms with van der Waals surface area (Å²) >= 11 is 6.75. The second-order valence-corrected chi connectivity index (χ2v) is 8.71. The first-order valence-electron chi connectivity index (χ1n) is 6.99. The van der Waals surface area contributed by atoms with Crippen LogP contribution in [0.15, 0.2) is 26.0 Å². The summed E-state index contributed by atoms with van der Waals surface area (Å²) in [6.07, 6.45) is 5.87. The first kappa shape index (κ1) is 17.2. The Labute approximate surface area is 142 Å². The number of hydrogen-bond acceptors (Lipinski definition) is 3. The molecule has 1 aliphatic rings. The Kier molecular flexibility index (Phi) is 5.73. The fourth-order valence-corrected chi connectivity index (χ4v) is 4.94. The first-order chi connectivity index (χ1) is 9.81. The van der Waals surface area contributed by atoms with Crippen molar-refractivity contribution < 1.29 is 13.2 Å². The van der Waals surface area contributed by atoms with Gasteiger partial charge in [-0.05, 0) is 69.2 Å². The molecule has 2 atom stereocenters. The topological polar surface area (TPSA) is 69.4 Å². The fraction of sp³-hybridized carbons (Fsp3) is 0.571. The second-order valence-electron chi connectivity index (χ2n) is 5.44. The van der Waals surface area contributed by atoms with Gasteiger partial charge in [-0.15, -0.1) is 0 Å². The largest absolute Gasteiger partial charge is 0.488 e. The molecule has 21 heavy (non-hydrogen) atoms. The Balaban J connectivity index is 2.21. The number of sulfonamides is 1. The van der Waals surface area contributed by atoms with Crippen molar-refractivity contribution in [2.75, 3.05) is 0 Å². The summed E-state index contributed by atoms with van der Waals surface area (Å²) in [6, 6.07) is 2.96. The fourth-order valence-electron chi connectivity index (χ4n) is 2.70. The van der Waals surface area contributed by atoms with Gasteiger partial charge in [0.2, 0.25) is 10.0 Å². The minimum absolute atomic E-state index is 0.0590. The van der Waals surface area contributed by atoms with Gasteiger partial charge in [0.05, 0.1) is 19.9 Å². The van der Waals surface area contributed by atoms with Crippen molar-refractivity contribution in [3.63, 3.8) is 0 Å². The lowest BCUT2D eigenvalue weighted by Gasteiger charge is -2.29. The van der Waals surface area contributed by atoms with E-state index in [9.17, 15) is 8.42 Å². The lowest BCUT2D eigenvalue weighted by Crippen LogP contribution is -2.25. The summed E-state index contributed by atoms with van der Waals surface area (Å²) in [5.74, 6) is 1.36. The van der Waals surface area contributed by atoms with E-state index in [1.54, 1.807) is 0 Å². The SMILES string of the molecule is CCC1CCCC(Oc2c(Br)cc(S(N)(=O)=O)cc2Br)C1. The van der Waals surface area contributed by atoms with Crippen molar-refractivity contribution in [2.24, 2.45) is 11.1 Å². The number of ether oxygens (including phenoxy) is 1. The van der Waals surface area contributed by atoms with Gasteiger partial charge >= 0.3 is 0 Å². The van der Waals surface area contributed by atoms with Gasteiger partial charge in [0, 0.05) is 0 Å². The summed E-state index contributed by atoms with van der Waals surface area (Å²) in [5.41, 5.74) is 0. The highest BCUT2D eigenvalue weighted by molar-refractivity contribution is 9.11. The lowest BCUT2D eigenvalue weighted by atomic mass is 9.85. The minimum atomic E-state index is -3.73. The Hall–Kier alpha value is -0.110. The Morgan fingerprint density at radius 2 is 1.90 bits per heavy atom. The Bertz CT molecular complexity index is 596. The predicted octanol–water partition coefficient (Wildman–Crippen LogP) is 4.21. The van der Waals surface area contributed by atoms with E-state index >= 15 is 0 Å². The van der Waals surface area contributed by atoms with Crippen LogP contribution in [0.4, 0.5) is 0 Å². The second kappa shape index (κ2) is 6.98. The summed E-state index contributed by atoms with van der Waals surface area (Å²) in [6.45, 7) is 2.21. The molecule has 0 heterocycles. The van der Waals surface area contributed by atoms with Gasteiger partial charge in [-0.25, -0.2) is 13.6 Å². The number of halogens is 2. The molecule has 0 radical (unpaired) electrons. The normalized spacial score (nSPS) is 23.0. The van der Waals surface area contributed by atoms with E-state index in [4.69, 9.17) is 9.88 Å². The molecule has 1 fully saturated rings. The quantitative estimate of drug-likeness (QED) is 0.762. The molecule has 2 rings (SSSR count). The maximum atomic E-state index is 11.4. The molecule has 1 aliphatic carbocycles. The van der Waals surface area contributed by atoms with Gasteiger partial charge in [-0.3, -0.25) is 0 Å². The van der Waals surface area contributed by atoms with Crippen LogP contribution in [0.25, 0.3) is 0 Å². The maximum Gasteiger partial charge on any atom is 0.238 e. The zero-order chi connectivity index (χ0) is 15.6. The number of primary sulfonamides is 1. The van der Waals surface area contributed by atoms with Crippen molar-refractivity contribution in [3.8, 4) is 5.75 Å². The highest BCUT2D eigenvalue weighted by Gasteiger charge is 2.24. The molecule has 2 N–H and O–H groups in total. The van der Waals surface area contributed by atoms with Crippen LogP contribution >= 0.6 is 31.9 Å². The van der Waals surface area contributed by atoms with Crippen LogP contribution in [0.3, 0.4) is 0 Å². The number of rotatable bonds is 4. The first-order valence-corrected chi connectivity index (χ1v) is 10.1. The molecule has 118 valence electrons. The molecule has 0 aromatic heterocycles. The molecule has 1 saturated carbocycles. The Morgan fingerprint density at radius 3 is 2.43 bits per heavy atom. The van der Waals surface area contributed by atoms with E-state index in [1.165, 1.54) is 31.4 Å². The van der Waals surface area contributed by atoms with Gasteiger partial charge in [0.25, 0.3) is 0 Å². The number of benzene rings is 1. The highest BCUT2D eigenvalue weighted by atomic mass is 79.9. The standard InChI is InChI=1S/C14H19Br2NO3S/c1-2-9-4-3-5-10(6-9)20-14-12(15)7-11(8-13(14)16)21(17,18)19/h7-10H,2-6H2,1H3,(H2,17,18,19). The molecule has 0 bridgehead atoms. The summed E-state index contributed by atoms with van der Waals surface area (Å²) < 4.78 is 30.1. The predicted molar refractivity (Wildman–Crippen MR) is 89.9 cm³/mol. The summed E-state index contributed by atoms with van der Waals surface area (Å²) in [7, 11) is -3.73. The van der Waals surface area contributed by atoms with E-state index in [-0.39, 0.29) is 11.0 Å². The van der Waals surface area contributed by atoms with Gasteiger partial charge in [0.1, 0.15) is 5.75 Å². The highest BCUT2D eigenvalue weighted by Crippen LogP contribution is 2.38. The average molecular weight is 441 g/mol. The molecule has 0 amide bonds. The third-order valence-electron chi connectivity index (χ3n) is 3.90. The van der Waals surface area contributed by atoms with Crippen LogP contribution in [-0.4, -0.2) is 14.5 Å². The van der Waals surface area contributed by atoms with Crippen LogP contribution < -0.4 is 9.88 Å². The lowest BCUT2D eigenvalue weighted by molar-refractivity contribution is 0.120. The smallest absolute Gasteiger partial charge is 0.238 e. The molecule has 1 aromatic carbocycles. The van der Waals surface area contributed by atoms with Gasteiger partial charge in [-0.1, -0.05) is 19.8 Å².